The number of nitrogens with zero attached hydrogens (tertiary/aromatic N) is 7. The minimum atomic E-state index is 0.438. The standard InChI is InChI=1S/C23H29ClN8O/c1-14-18(24)10-16(6-7-32-23-20(15(2)29-32)22(25)26-13-27-23)21(33-5)19(14)17-11-28-31(12-17)9-8-30(3)4/h10-13H,6-9H2,1-5H3,(H2,25,26,27). The highest BCUT2D eigenvalue weighted by molar-refractivity contribution is 6.32. The van der Waals surface area contributed by atoms with Gasteiger partial charge in [-0.2, -0.15) is 10.2 Å². The highest BCUT2D eigenvalue weighted by atomic mass is 35.5. The van der Waals surface area contributed by atoms with Gasteiger partial charge in [-0.3, -0.25) is 4.68 Å². The van der Waals surface area contributed by atoms with Crippen LogP contribution in [0.2, 0.25) is 5.02 Å². The number of hydrogen-bond acceptors (Lipinski definition) is 7. The van der Waals surface area contributed by atoms with E-state index in [1.54, 1.807) is 7.11 Å². The van der Waals surface area contributed by atoms with Crippen molar-refractivity contribution in [3.63, 3.8) is 0 Å². The van der Waals surface area contributed by atoms with Crippen LogP contribution < -0.4 is 10.5 Å². The van der Waals surface area contributed by atoms with E-state index < -0.39 is 0 Å². The predicted molar refractivity (Wildman–Crippen MR) is 131 cm³/mol. The molecule has 0 spiro atoms. The van der Waals surface area contributed by atoms with E-state index in [1.807, 2.05) is 55.8 Å². The maximum absolute atomic E-state index is 6.66. The normalized spacial score (nSPS) is 11.6. The quantitative estimate of drug-likeness (QED) is 0.423. The molecule has 0 atom stereocenters. The SMILES string of the molecule is COc1c(CCn2nc(C)c3c(N)ncnc32)cc(Cl)c(C)c1-c1cnn(CCN(C)C)c1. The van der Waals surface area contributed by atoms with Crippen LogP contribution in [0, 0.1) is 13.8 Å². The lowest BCUT2D eigenvalue weighted by molar-refractivity contribution is 0.373. The number of benzene rings is 1. The van der Waals surface area contributed by atoms with Gasteiger partial charge >= 0.3 is 0 Å². The Balaban J connectivity index is 1.68. The largest absolute Gasteiger partial charge is 0.496 e. The van der Waals surface area contributed by atoms with E-state index in [0.717, 1.165) is 57.8 Å². The highest BCUT2D eigenvalue weighted by Gasteiger charge is 2.20. The van der Waals surface area contributed by atoms with E-state index in [-0.39, 0.29) is 0 Å². The summed E-state index contributed by atoms with van der Waals surface area (Å²) in [5.74, 6) is 1.24. The third-order valence-corrected chi connectivity index (χ3v) is 6.17. The number of anilines is 1. The van der Waals surface area contributed by atoms with Crippen molar-refractivity contribution < 1.29 is 4.74 Å². The second-order valence-corrected chi connectivity index (χ2v) is 8.77. The molecule has 0 fully saturated rings. The Hall–Kier alpha value is -3.17. The molecule has 0 unspecified atom stereocenters. The van der Waals surface area contributed by atoms with Crippen LogP contribution in [-0.2, 0) is 19.5 Å². The molecule has 0 aliphatic carbocycles. The monoisotopic (exact) mass is 468 g/mol. The summed E-state index contributed by atoms with van der Waals surface area (Å²) in [6.07, 6.45) is 6.03. The fourth-order valence-electron chi connectivity index (χ4n) is 4.05. The second kappa shape index (κ2) is 9.36. The summed E-state index contributed by atoms with van der Waals surface area (Å²) in [6.45, 7) is 6.22. The zero-order chi connectivity index (χ0) is 23.7. The topological polar surface area (TPSA) is 99.9 Å². The molecule has 0 amide bonds. The fourth-order valence-corrected chi connectivity index (χ4v) is 4.28. The molecule has 0 radical (unpaired) electrons. The van der Waals surface area contributed by atoms with Gasteiger partial charge in [-0.15, -0.1) is 0 Å². The van der Waals surface area contributed by atoms with Crippen molar-refractivity contribution in [2.45, 2.75) is 33.4 Å². The Labute approximate surface area is 198 Å². The van der Waals surface area contributed by atoms with E-state index >= 15 is 0 Å². The first kappa shape index (κ1) is 23.0. The Morgan fingerprint density at radius 3 is 2.70 bits per heavy atom. The van der Waals surface area contributed by atoms with Crippen LogP contribution in [0.15, 0.2) is 24.8 Å². The van der Waals surface area contributed by atoms with Gasteiger partial charge in [0.1, 0.15) is 17.9 Å². The summed E-state index contributed by atoms with van der Waals surface area (Å²) in [6, 6.07) is 1.97. The molecule has 33 heavy (non-hydrogen) atoms. The van der Waals surface area contributed by atoms with Crippen LogP contribution in [0.3, 0.4) is 0 Å². The van der Waals surface area contributed by atoms with E-state index in [1.165, 1.54) is 6.33 Å². The van der Waals surface area contributed by atoms with Crippen molar-refractivity contribution in [2.24, 2.45) is 0 Å². The van der Waals surface area contributed by atoms with Crippen molar-refractivity contribution in [1.82, 2.24) is 34.4 Å². The summed E-state index contributed by atoms with van der Waals surface area (Å²) >= 11 is 6.66. The minimum Gasteiger partial charge on any atom is -0.496 e. The molecular formula is C23H29ClN8O. The van der Waals surface area contributed by atoms with E-state index in [9.17, 15) is 0 Å². The first-order valence-electron chi connectivity index (χ1n) is 10.8. The van der Waals surface area contributed by atoms with Gasteiger partial charge in [-0.25, -0.2) is 14.6 Å². The minimum absolute atomic E-state index is 0.438. The van der Waals surface area contributed by atoms with Crippen LogP contribution in [0.1, 0.15) is 16.8 Å². The highest BCUT2D eigenvalue weighted by Crippen LogP contribution is 2.40. The second-order valence-electron chi connectivity index (χ2n) is 8.36. The van der Waals surface area contributed by atoms with Gasteiger partial charge in [0.05, 0.1) is 30.9 Å². The number of likely N-dealkylation sites (N-methyl/N-ethyl adjacent to an activating group) is 1. The van der Waals surface area contributed by atoms with Crippen LogP contribution in [0.25, 0.3) is 22.2 Å². The summed E-state index contributed by atoms with van der Waals surface area (Å²) in [5, 5.41) is 10.6. The molecule has 3 aromatic heterocycles. The van der Waals surface area contributed by atoms with Crippen molar-refractivity contribution in [3.8, 4) is 16.9 Å². The van der Waals surface area contributed by atoms with E-state index in [2.05, 4.69) is 25.1 Å². The molecule has 10 heteroatoms. The Kier molecular flexibility index (Phi) is 6.53. The Morgan fingerprint density at radius 1 is 1.18 bits per heavy atom. The van der Waals surface area contributed by atoms with Gasteiger partial charge in [-0.1, -0.05) is 11.6 Å². The summed E-state index contributed by atoms with van der Waals surface area (Å²) in [7, 11) is 5.78. The van der Waals surface area contributed by atoms with Gasteiger partial charge in [0.25, 0.3) is 0 Å². The summed E-state index contributed by atoms with van der Waals surface area (Å²) in [4.78, 5) is 10.6. The molecule has 4 aromatic rings. The summed E-state index contributed by atoms with van der Waals surface area (Å²) in [5.41, 5.74) is 11.5. The molecule has 0 saturated heterocycles. The molecule has 3 heterocycles. The third kappa shape index (κ3) is 4.51. The molecule has 9 nitrogen and oxygen atoms in total. The van der Waals surface area contributed by atoms with Crippen molar-refractivity contribution in [2.75, 3.05) is 33.5 Å². The molecule has 2 N–H and O–H groups in total. The van der Waals surface area contributed by atoms with Crippen LogP contribution >= 0.6 is 11.6 Å². The molecule has 4 rings (SSSR count). The number of methoxy groups -OCH3 is 1. The van der Waals surface area contributed by atoms with Crippen molar-refractivity contribution in [1.29, 1.82) is 0 Å². The van der Waals surface area contributed by atoms with Crippen molar-refractivity contribution in [3.05, 3.63) is 46.6 Å². The zero-order valence-electron chi connectivity index (χ0n) is 19.6. The predicted octanol–water partition coefficient (Wildman–Crippen LogP) is 3.36. The molecule has 0 bridgehead atoms. The first-order valence-corrected chi connectivity index (χ1v) is 11.1. The summed E-state index contributed by atoms with van der Waals surface area (Å²) < 4.78 is 9.69. The molecule has 0 aliphatic heterocycles. The van der Waals surface area contributed by atoms with Gasteiger partial charge in [-0.05, 0) is 51.6 Å². The number of nitrogens with two attached hydrogens (primary N) is 1. The van der Waals surface area contributed by atoms with Gasteiger partial charge < -0.3 is 15.4 Å². The van der Waals surface area contributed by atoms with Crippen molar-refractivity contribution >= 4 is 28.5 Å². The van der Waals surface area contributed by atoms with Crippen LogP contribution in [-0.4, -0.2) is 62.2 Å². The molecule has 1 aromatic carbocycles. The lowest BCUT2D eigenvalue weighted by Gasteiger charge is -2.17. The number of rotatable bonds is 8. The number of halogens is 1. The number of aryl methyl sites for hydroxylation is 3. The lowest BCUT2D eigenvalue weighted by atomic mass is 9.97. The first-order chi connectivity index (χ1) is 15.8. The van der Waals surface area contributed by atoms with Gasteiger partial charge in [0.2, 0.25) is 0 Å². The third-order valence-electron chi connectivity index (χ3n) is 5.78. The van der Waals surface area contributed by atoms with E-state index in [0.29, 0.717) is 23.8 Å². The molecular weight excluding hydrogens is 440 g/mol. The smallest absolute Gasteiger partial charge is 0.163 e. The van der Waals surface area contributed by atoms with Gasteiger partial charge in [0.15, 0.2) is 5.65 Å². The zero-order valence-corrected chi connectivity index (χ0v) is 20.4. The van der Waals surface area contributed by atoms with E-state index in [4.69, 9.17) is 22.1 Å². The molecule has 174 valence electrons. The number of aromatic nitrogens is 6. The average Bonchev–Trinajstić information content (AvgIpc) is 3.37. The Morgan fingerprint density at radius 2 is 1.97 bits per heavy atom. The van der Waals surface area contributed by atoms with Gasteiger partial charge in [0, 0.05) is 35.4 Å². The molecule has 0 aliphatic rings. The number of hydrogen-bond donors (Lipinski definition) is 1. The number of ether oxygens (including phenoxy) is 1. The number of nitrogen functional groups attached to an aromatic ring is 1. The average molecular weight is 469 g/mol. The van der Waals surface area contributed by atoms with Crippen LogP contribution in [0.4, 0.5) is 5.82 Å². The number of fused-ring (bicyclic) bond motifs is 1. The molecule has 0 saturated carbocycles. The van der Waals surface area contributed by atoms with Crippen LogP contribution in [0.5, 0.6) is 5.75 Å². The maximum atomic E-state index is 6.66. The maximum Gasteiger partial charge on any atom is 0.163 e. The Bertz CT molecular complexity index is 1290. The fraction of sp³-hybridized carbons (Fsp3) is 0.391. The lowest BCUT2D eigenvalue weighted by Crippen LogP contribution is -2.18.